The zero-order valence-electron chi connectivity index (χ0n) is 11.8. The molecule has 0 aliphatic carbocycles. The fraction of sp³-hybridized carbons (Fsp3) is 0.250. The van der Waals surface area contributed by atoms with E-state index < -0.39 is 0 Å². The first-order valence-corrected chi connectivity index (χ1v) is 6.31. The van der Waals surface area contributed by atoms with Crippen LogP contribution < -0.4 is 9.47 Å². The van der Waals surface area contributed by atoms with Crippen molar-refractivity contribution in [2.75, 3.05) is 14.2 Å². The Morgan fingerprint density at radius 1 is 1.15 bits per heavy atom. The fourth-order valence-electron chi connectivity index (χ4n) is 1.93. The average molecular weight is 271 g/mol. The minimum absolute atomic E-state index is 0.0102. The molecule has 0 saturated carbocycles. The van der Waals surface area contributed by atoms with E-state index in [1.807, 2.05) is 19.1 Å². The summed E-state index contributed by atoms with van der Waals surface area (Å²) in [5.74, 6) is 1.19. The van der Waals surface area contributed by atoms with Crippen molar-refractivity contribution in [2.45, 2.75) is 13.3 Å². The van der Waals surface area contributed by atoms with Crippen LogP contribution in [0.3, 0.4) is 0 Å². The highest BCUT2D eigenvalue weighted by Gasteiger charge is 2.12. The molecule has 4 heteroatoms. The van der Waals surface area contributed by atoms with Crippen molar-refractivity contribution in [2.24, 2.45) is 0 Å². The first kappa shape index (κ1) is 14.1. The van der Waals surface area contributed by atoms with Gasteiger partial charge in [-0.25, -0.2) is 0 Å². The van der Waals surface area contributed by atoms with Crippen molar-refractivity contribution in [1.29, 1.82) is 0 Å². The van der Waals surface area contributed by atoms with Gasteiger partial charge in [-0.15, -0.1) is 0 Å². The number of ketones is 1. The Labute approximate surface area is 118 Å². The number of rotatable bonds is 5. The van der Waals surface area contributed by atoms with E-state index in [4.69, 9.17) is 9.47 Å². The van der Waals surface area contributed by atoms with Gasteiger partial charge in [0.05, 0.1) is 26.3 Å². The molecule has 0 unspecified atom stereocenters. The van der Waals surface area contributed by atoms with Crippen LogP contribution in [-0.4, -0.2) is 25.0 Å². The van der Waals surface area contributed by atoms with Crippen molar-refractivity contribution in [1.82, 2.24) is 4.98 Å². The van der Waals surface area contributed by atoms with Gasteiger partial charge in [0, 0.05) is 17.8 Å². The van der Waals surface area contributed by atoms with Crippen molar-refractivity contribution >= 4 is 5.78 Å². The number of carbonyl (C=O) groups excluding carboxylic acids is 1. The summed E-state index contributed by atoms with van der Waals surface area (Å²) in [6.45, 7) is 1.95. The predicted octanol–water partition coefficient (Wildman–Crippen LogP) is 2.83. The highest BCUT2D eigenvalue weighted by Crippen LogP contribution is 2.23. The van der Waals surface area contributed by atoms with Crippen molar-refractivity contribution < 1.29 is 14.3 Å². The van der Waals surface area contributed by atoms with Crippen LogP contribution in [0.1, 0.15) is 21.6 Å². The second-order valence-electron chi connectivity index (χ2n) is 4.47. The SMILES string of the molecule is COc1cc(OC)cc(C(=O)Cc2ncccc2C)c1. The average Bonchev–Trinajstić information content (AvgIpc) is 2.48. The third kappa shape index (κ3) is 3.15. The molecule has 0 atom stereocenters. The molecule has 20 heavy (non-hydrogen) atoms. The van der Waals surface area contributed by atoms with Gasteiger partial charge in [-0.1, -0.05) is 6.07 Å². The van der Waals surface area contributed by atoms with Crippen LogP contribution in [0.2, 0.25) is 0 Å². The van der Waals surface area contributed by atoms with Gasteiger partial charge in [-0.2, -0.15) is 0 Å². The van der Waals surface area contributed by atoms with Crippen LogP contribution >= 0.6 is 0 Å². The molecule has 0 radical (unpaired) electrons. The highest BCUT2D eigenvalue weighted by atomic mass is 16.5. The lowest BCUT2D eigenvalue weighted by Gasteiger charge is -2.08. The number of Topliss-reactive ketones (excluding diaryl/α,β-unsaturated/α-hetero) is 1. The summed E-state index contributed by atoms with van der Waals surface area (Å²) in [5, 5.41) is 0. The molecule has 0 N–H and O–H groups in total. The first-order chi connectivity index (χ1) is 9.63. The van der Waals surface area contributed by atoms with Gasteiger partial charge in [-0.05, 0) is 30.7 Å². The summed E-state index contributed by atoms with van der Waals surface area (Å²) >= 11 is 0. The van der Waals surface area contributed by atoms with Crippen LogP contribution in [-0.2, 0) is 6.42 Å². The monoisotopic (exact) mass is 271 g/mol. The van der Waals surface area contributed by atoms with Gasteiger partial charge in [0.25, 0.3) is 0 Å². The molecule has 1 aromatic heterocycles. The summed E-state index contributed by atoms with van der Waals surface area (Å²) in [7, 11) is 3.12. The number of nitrogens with zero attached hydrogens (tertiary/aromatic N) is 1. The molecule has 4 nitrogen and oxygen atoms in total. The maximum Gasteiger partial charge on any atom is 0.169 e. The molecule has 104 valence electrons. The molecular weight excluding hydrogens is 254 g/mol. The van der Waals surface area contributed by atoms with E-state index in [-0.39, 0.29) is 12.2 Å². The number of carbonyl (C=O) groups is 1. The van der Waals surface area contributed by atoms with Crippen LogP contribution in [0.4, 0.5) is 0 Å². The number of aryl methyl sites for hydroxylation is 1. The van der Waals surface area contributed by atoms with Crippen LogP contribution in [0.25, 0.3) is 0 Å². The van der Waals surface area contributed by atoms with Crippen molar-refractivity contribution in [3.8, 4) is 11.5 Å². The van der Waals surface area contributed by atoms with E-state index in [0.29, 0.717) is 17.1 Å². The van der Waals surface area contributed by atoms with E-state index in [0.717, 1.165) is 11.3 Å². The van der Waals surface area contributed by atoms with Crippen LogP contribution in [0.15, 0.2) is 36.5 Å². The van der Waals surface area contributed by atoms with Gasteiger partial charge in [0.2, 0.25) is 0 Å². The van der Waals surface area contributed by atoms with Crippen molar-refractivity contribution in [3.63, 3.8) is 0 Å². The van der Waals surface area contributed by atoms with Gasteiger partial charge in [-0.3, -0.25) is 9.78 Å². The summed E-state index contributed by atoms with van der Waals surface area (Å²) in [6.07, 6.45) is 1.96. The maximum atomic E-state index is 12.4. The fourth-order valence-corrected chi connectivity index (χ4v) is 1.93. The maximum absolute atomic E-state index is 12.4. The largest absolute Gasteiger partial charge is 0.497 e. The molecule has 2 rings (SSSR count). The van der Waals surface area contributed by atoms with Gasteiger partial charge < -0.3 is 9.47 Å². The zero-order valence-corrected chi connectivity index (χ0v) is 11.8. The Hall–Kier alpha value is -2.36. The number of hydrogen-bond acceptors (Lipinski definition) is 4. The summed E-state index contributed by atoms with van der Waals surface area (Å²) < 4.78 is 10.3. The van der Waals surface area contributed by atoms with Crippen LogP contribution in [0, 0.1) is 6.92 Å². The minimum Gasteiger partial charge on any atom is -0.497 e. The number of ether oxygens (including phenoxy) is 2. The molecule has 2 aromatic rings. The van der Waals surface area contributed by atoms with E-state index in [1.165, 1.54) is 0 Å². The lowest BCUT2D eigenvalue weighted by atomic mass is 10.0. The number of hydrogen-bond donors (Lipinski definition) is 0. The predicted molar refractivity (Wildman–Crippen MR) is 76.6 cm³/mol. The molecule has 1 aromatic carbocycles. The normalized spacial score (nSPS) is 10.2. The number of pyridine rings is 1. The van der Waals surface area contributed by atoms with E-state index in [1.54, 1.807) is 38.6 Å². The molecule has 0 spiro atoms. The smallest absolute Gasteiger partial charge is 0.169 e. The Balaban J connectivity index is 2.27. The summed E-state index contributed by atoms with van der Waals surface area (Å²) in [5.41, 5.74) is 2.36. The molecular formula is C16H17NO3. The lowest BCUT2D eigenvalue weighted by molar-refractivity contribution is 0.0991. The Kier molecular flexibility index (Phi) is 4.35. The summed E-state index contributed by atoms with van der Waals surface area (Å²) in [6, 6.07) is 8.97. The highest BCUT2D eigenvalue weighted by molar-refractivity contribution is 5.98. The first-order valence-electron chi connectivity index (χ1n) is 6.31. The van der Waals surface area contributed by atoms with Gasteiger partial charge in [0.15, 0.2) is 5.78 Å². The molecule has 0 bridgehead atoms. The number of benzene rings is 1. The summed E-state index contributed by atoms with van der Waals surface area (Å²) in [4.78, 5) is 16.6. The van der Waals surface area contributed by atoms with Gasteiger partial charge >= 0.3 is 0 Å². The molecule has 0 aliphatic heterocycles. The Morgan fingerprint density at radius 2 is 1.80 bits per heavy atom. The Morgan fingerprint density at radius 3 is 2.35 bits per heavy atom. The number of methoxy groups -OCH3 is 2. The van der Waals surface area contributed by atoms with E-state index in [9.17, 15) is 4.79 Å². The van der Waals surface area contributed by atoms with E-state index in [2.05, 4.69) is 4.98 Å². The molecule has 0 amide bonds. The van der Waals surface area contributed by atoms with Crippen molar-refractivity contribution in [3.05, 3.63) is 53.3 Å². The number of aromatic nitrogens is 1. The minimum atomic E-state index is -0.0102. The molecule has 0 aliphatic rings. The van der Waals surface area contributed by atoms with E-state index >= 15 is 0 Å². The van der Waals surface area contributed by atoms with Crippen LogP contribution in [0.5, 0.6) is 11.5 Å². The third-order valence-corrected chi connectivity index (χ3v) is 3.12. The molecule has 0 fully saturated rings. The van der Waals surface area contributed by atoms with Gasteiger partial charge in [0.1, 0.15) is 11.5 Å². The third-order valence-electron chi connectivity index (χ3n) is 3.12. The second kappa shape index (κ2) is 6.19. The standard InChI is InChI=1S/C16H17NO3/c1-11-5-4-6-17-15(11)10-16(18)12-7-13(19-2)9-14(8-12)20-3/h4-9H,10H2,1-3H3. The lowest BCUT2D eigenvalue weighted by Crippen LogP contribution is -2.07. The second-order valence-corrected chi connectivity index (χ2v) is 4.47. The zero-order chi connectivity index (χ0) is 14.5. The molecule has 0 saturated heterocycles. The molecule has 1 heterocycles. The topological polar surface area (TPSA) is 48.4 Å². The quantitative estimate of drug-likeness (QED) is 0.785. The Bertz CT molecular complexity index is 601.